The minimum Gasteiger partial charge on any atom is -0.310 e. The van der Waals surface area contributed by atoms with Gasteiger partial charge in [0.05, 0.1) is 5.41 Å². The van der Waals surface area contributed by atoms with Crippen molar-refractivity contribution in [2.75, 3.05) is 5.32 Å². The largest absolute Gasteiger partial charge is 0.401 e. The number of alkyl halides is 3. The van der Waals surface area contributed by atoms with Crippen LogP contribution in [-0.2, 0) is 27.8 Å². The molecule has 1 spiro atoms. The highest BCUT2D eigenvalue weighted by Gasteiger charge is 2.69. The molecule has 1 saturated carbocycles. The Kier molecular flexibility index (Phi) is 6.35. The van der Waals surface area contributed by atoms with Crippen LogP contribution >= 0.6 is 0 Å². The topological polar surface area (TPSA) is 72.0 Å². The smallest absolute Gasteiger partial charge is 0.310 e. The molecular formula is C31H26F5N3O2. The standard InChI is InChI=1S/C31H26F5N3O2/c1-17(19-11-21(32)13-22(33)12-19)23(26(40)30(7-8-30)31(34,35)36)5-2-4-18-10-20-14-29(15-25(20)38-16-18)24-6-3-9-37-27(24)39-28(29)41/h2-4,6,9-13,16-17,23H,5,7-8,14-15H2,1H3,(H,37,39,41)/b4-2+/t17-,23?,29+/m1/s1. The predicted octanol–water partition coefficient (Wildman–Crippen LogP) is 6.48. The maximum atomic E-state index is 13.9. The van der Waals surface area contributed by atoms with Crippen LogP contribution in [0.25, 0.3) is 6.08 Å². The summed E-state index contributed by atoms with van der Waals surface area (Å²) in [5.74, 6) is -4.27. The summed E-state index contributed by atoms with van der Waals surface area (Å²) in [6, 6.07) is 8.34. The zero-order chi connectivity index (χ0) is 29.2. The zero-order valence-electron chi connectivity index (χ0n) is 22.1. The lowest BCUT2D eigenvalue weighted by molar-refractivity contribution is -0.193. The van der Waals surface area contributed by atoms with Gasteiger partial charge in [0.25, 0.3) is 0 Å². The van der Waals surface area contributed by atoms with Gasteiger partial charge in [-0.2, -0.15) is 13.2 Å². The molecule has 2 aromatic heterocycles. The first kappa shape index (κ1) is 27.2. The number of nitrogens with zero attached hydrogens (tertiary/aromatic N) is 2. The lowest BCUT2D eigenvalue weighted by Gasteiger charge is -2.28. The van der Waals surface area contributed by atoms with E-state index in [0.29, 0.717) is 30.3 Å². The molecule has 6 rings (SSSR count). The number of anilines is 1. The van der Waals surface area contributed by atoms with Gasteiger partial charge in [-0.25, -0.2) is 13.8 Å². The SMILES string of the molecule is C[C@H](c1cc(F)cc(F)c1)C(C/C=C/c1cnc2c(c1)C[C@@]1(C2)C(=O)Nc2ncccc21)C(=O)C1(C(F)(F)F)CC1. The number of halogens is 5. The Morgan fingerprint density at radius 3 is 2.51 bits per heavy atom. The van der Waals surface area contributed by atoms with Gasteiger partial charge in [0.1, 0.15) is 22.9 Å². The van der Waals surface area contributed by atoms with E-state index < -0.39 is 46.3 Å². The molecule has 2 aliphatic carbocycles. The first-order valence-corrected chi connectivity index (χ1v) is 13.4. The van der Waals surface area contributed by atoms with Crippen LogP contribution in [0.5, 0.6) is 0 Å². The average Bonchev–Trinajstić information content (AvgIpc) is 3.59. The van der Waals surface area contributed by atoms with Gasteiger partial charge in [-0.05, 0) is 72.6 Å². The van der Waals surface area contributed by atoms with Crippen LogP contribution in [-0.4, -0.2) is 27.8 Å². The van der Waals surface area contributed by atoms with Crippen molar-refractivity contribution < 1.29 is 31.5 Å². The number of carbonyl (C=O) groups excluding carboxylic acids is 2. The summed E-state index contributed by atoms with van der Waals surface area (Å²) >= 11 is 0. The number of ketones is 1. The van der Waals surface area contributed by atoms with Gasteiger partial charge in [-0.15, -0.1) is 0 Å². The number of nitrogens with one attached hydrogen (secondary N) is 1. The first-order chi connectivity index (χ1) is 19.4. The average molecular weight is 568 g/mol. The Balaban J connectivity index is 1.25. The molecule has 3 aliphatic rings. The third kappa shape index (κ3) is 4.53. The van der Waals surface area contributed by atoms with Gasteiger partial charge in [0, 0.05) is 42.1 Å². The van der Waals surface area contributed by atoms with E-state index in [-0.39, 0.29) is 30.7 Å². The second-order valence-electron chi connectivity index (χ2n) is 11.3. The Labute approximate surface area is 232 Å². The molecule has 10 heteroatoms. The van der Waals surface area contributed by atoms with Gasteiger partial charge in [0.2, 0.25) is 5.91 Å². The molecule has 3 atom stereocenters. The van der Waals surface area contributed by atoms with E-state index in [1.807, 2.05) is 12.1 Å². The monoisotopic (exact) mass is 567 g/mol. The number of fused-ring (bicyclic) bond motifs is 3. The summed E-state index contributed by atoms with van der Waals surface area (Å²) in [5, 5.41) is 2.84. The van der Waals surface area contributed by atoms with Crippen molar-refractivity contribution >= 4 is 23.6 Å². The highest BCUT2D eigenvalue weighted by molar-refractivity contribution is 6.06. The van der Waals surface area contributed by atoms with Crippen molar-refractivity contribution in [3.05, 3.63) is 94.5 Å². The van der Waals surface area contributed by atoms with Gasteiger partial charge < -0.3 is 5.32 Å². The van der Waals surface area contributed by atoms with Crippen LogP contribution in [0.4, 0.5) is 27.8 Å². The number of benzene rings is 1. The zero-order valence-corrected chi connectivity index (χ0v) is 22.1. The van der Waals surface area contributed by atoms with Crippen molar-refractivity contribution in [2.45, 2.75) is 56.5 Å². The van der Waals surface area contributed by atoms with E-state index in [4.69, 9.17) is 0 Å². The fourth-order valence-corrected chi connectivity index (χ4v) is 6.33. The molecule has 0 saturated heterocycles. The predicted molar refractivity (Wildman–Crippen MR) is 141 cm³/mol. The summed E-state index contributed by atoms with van der Waals surface area (Å²) in [7, 11) is 0. The molecule has 3 heterocycles. The Morgan fingerprint density at radius 1 is 1.10 bits per heavy atom. The van der Waals surface area contributed by atoms with E-state index in [0.717, 1.165) is 29.0 Å². The van der Waals surface area contributed by atoms with Crippen LogP contribution in [0.3, 0.4) is 0 Å². The number of amides is 1. The number of carbonyl (C=O) groups is 2. The molecule has 0 radical (unpaired) electrons. The number of Topliss-reactive ketones (excluding diaryl/α,β-unsaturated/α-hetero) is 1. The lowest BCUT2D eigenvalue weighted by atomic mass is 9.77. The fourth-order valence-electron chi connectivity index (χ4n) is 6.33. The van der Waals surface area contributed by atoms with Gasteiger partial charge in [0.15, 0.2) is 5.78 Å². The van der Waals surface area contributed by atoms with E-state index in [2.05, 4.69) is 15.3 Å². The second kappa shape index (κ2) is 9.56. The van der Waals surface area contributed by atoms with E-state index >= 15 is 0 Å². The van der Waals surface area contributed by atoms with Crippen LogP contribution in [0, 0.1) is 23.0 Å². The van der Waals surface area contributed by atoms with Crippen molar-refractivity contribution in [3.8, 4) is 0 Å². The number of hydrogen-bond acceptors (Lipinski definition) is 4. The van der Waals surface area contributed by atoms with E-state index in [1.54, 1.807) is 30.6 Å². The number of hydrogen-bond donors (Lipinski definition) is 1. The van der Waals surface area contributed by atoms with Crippen LogP contribution in [0.15, 0.2) is 54.9 Å². The quantitative estimate of drug-likeness (QED) is 0.332. The van der Waals surface area contributed by atoms with Crippen molar-refractivity contribution in [2.24, 2.45) is 11.3 Å². The molecule has 1 amide bonds. The number of pyridine rings is 2. The number of allylic oxidation sites excluding steroid dienone is 1. The summed E-state index contributed by atoms with van der Waals surface area (Å²) < 4.78 is 69.4. The summed E-state index contributed by atoms with van der Waals surface area (Å²) in [5.41, 5.74) is 0.0727. The summed E-state index contributed by atoms with van der Waals surface area (Å²) in [6.07, 6.45) is 2.04. The molecule has 5 nitrogen and oxygen atoms in total. The molecule has 212 valence electrons. The fraction of sp³-hybridized carbons (Fsp3) is 0.355. The molecule has 1 fully saturated rings. The van der Waals surface area contributed by atoms with Gasteiger partial charge in [-0.1, -0.05) is 25.1 Å². The third-order valence-electron chi connectivity index (χ3n) is 8.85. The second-order valence-corrected chi connectivity index (χ2v) is 11.3. The molecular weight excluding hydrogens is 541 g/mol. The van der Waals surface area contributed by atoms with Crippen LogP contribution in [0.1, 0.15) is 60.1 Å². The summed E-state index contributed by atoms with van der Waals surface area (Å²) in [4.78, 5) is 35.1. The third-order valence-corrected chi connectivity index (χ3v) is 8.85. The molecule has 0 bridgehead atoms. The van der Waals surface area contributed by atoms with E-state index in [9.17, 15) is 31.5 Å². The molecule has 1 aromatic carbocycles. The minimum absolute atomic E-state index is 0.0571. The Bertz CT molecular complexity index is 1580. The molecule has 1 aliphatic heterocycles. The van der Waals surface area contributed by atoms with Crippen molar-refractivity contribution in [3.63, 3.8) is 0 Å². The maximum absolute atomic E-state index is 13.9. The van der Waals surface area contributed by atoms with Crippen molar-refractivity contribution in [1.82, 2.24) is 9.97 Å². The molecule has 3 aromatic rings. The minimum atomic E-state index is -4.69. The van der Waals surface area contributed by atoms with Crippen LogP contribution < -0.4 is 5.32 Å². The summed E-state index contributed by atoms with van der Waals surface area (Å²) in [6.45, 7) is 1.52. The normalized spacial score (nSPS) is 22.0. The van der Waals surface area contributed by atoms with Crippen LogP contribution in [0.2, 0.25) is 0 Å². The molecule has 1 unspecified atom stereocenters. The first-order valence-electron chi connectivity index (χ1n) is 13.4. The Hall–Kier alpha value is -3.95. The Morgan fingerprint density at radius 2 is 1.83 bits per heavy atom. The van der Waals surface area contributed by atoms with E-state index in [1.165, 1.54) is 6.92 Å². The highest BCUT2D eigenvalue weighted by atomic mass is 19.4. The highest BCUT2D eigenvalue weighted by Crippen LogP contribution is 2.60. The van der Waals surface area contributed by atoms with Crippen molar-refractivity contribution in [1.29, 1.82) is 0 Å². The number of rotatable bonds is 7. The molecule has 1 N–H and O–H groups in total. The molecule has 41 heavy (non-hydrogen) atoms. The van der Waals surface area contributed by atoms with Gasteiger partial charge >= 0.3 is 6.18 Å². The van der Waals surface area contributed by atoms with Gasteiger partial charge in [-0.3, -0.25) is 14.6 Å². The lowest BCUT2D eigenvalue weighted by Crippen LogP contribution is -2.38. The number of aromatic nitrogens is 2. The maximum Gasteiger partial charge on any atom is 0.401 e.